The van der Waals surface area contributed by atoms with Crippen LogP contribution in [0.2, 0.25) is 0 Å². The molecule has 0 aromatic heterocycles. The number of aliphatic carboxylic acids is 1. The smallest absolute Gasteiger partial charge is 0.306 e. The molecule has 0 aliphatic rings. The molecule has 2 atom stereocenters. The van der Waals surface area contributed by atoms with Crippen molar-refractivity contribution in [1.29, 1.82) is 0 Å². The lowest BCUT2D eigenvalue weighted by Crippen LogP contribution is -2.11. The number of carboxylic acids is 1. The lowest BCUT2D eigenvalue weighted by atomic mass is 9.89. The summed E-state index contributed by atoms with van der Waals surface area (Å²) in [5.41, 5.74) is 1.32. The van der Waals surface area contributed by atoms with Crippen LogP contribution in [0, 0.1) is 5.92 Å². The molecule has 1 aromatic rings. The molecule has 0 fully saturated rings. The van der Waals surface area contributed by atoms with Gasteiger partial charge in [-0.25, -0.2) is 0 Å². The molecule has 0 saturated heterocycles. The van der Waals surface area contributed by atoms with Crippen molar-refractivity contribution in [2.75, 3.05) is 0 Å². The van der Waals surface area contributed by atoms with Gasteiger partial charge in [-0.15, -0.1) is 0 Å². The van der Waals surface area contributed by atoms with Crippen molar-refractivity contribution in [3.05, 3.63) is 35.9 Å². The van der Waals surface area contributed by atoms with Gasteiger partial charge in [0, 0.05) is 0 Å². The minimum atomic E-state index is -0.692. The first-order chi connectivity index (χ1) is 7.65. The van der Waals surface area contributed by atoms with E-state index in [-0.39, 0.29) is 5.92 Å². The Labute approximate surface area is 97.3 Å². The van der Waals surface area contributed by atoms with Crippen LogP contribution < -0.4 is 0 Å². The van der Waals surface area contributed by atoms with Gasteiger partial charge in [0.05, 0.1) is 5.92 Å². The molecule has 0 saturated carbocycles. The fourth-order valence-electron chi connectivity index (χ4n) is 1.91. The topological polar surface area (TPSA) is 37.3 Å². The van der Waals surface area contributed by atoms with Crippen LogP contribution in [0.3, 0.4) is 0 Å². The number of rotatable bonds is 6. The van der Waals surface area contributed by atoms with Crippen LogP contribution in [0.5, 0.6) is 0 Å². The summed E-state index contributed by atoms with van der Waals surface area (Å²) < 4.78 is 0. The molecule has 0 spiro atoms. The number of benzene rings is 1. The highest BCUT2D eigenvalue weighted by Gasteiger charge is 2.15. The van der Waals surface area contributed by atoms with E-state index in [4.69, 9.17) is 5.11 Å². The Morgan fingerprint density at radius 2 is 1.88 bits per heavy atom. The summed E-state index contributed by atoms with van der Waals surface area (Å²) in [5.74, 6) is -0.441. The van der Waals surface area contributed by atoms with E-state index in [2.05, 4.69) is 19.1 Å². The molecule has 2 nitrogen and oxygen atoms in total. The third kappa shape index (κ3) is 3.69. The molecule has 2 unspecified atom stereocenters. The Balaban J connectivity index is 2.53. The standard InChI is InChI=1S/C14H20O2/c1-3-12(10-9-11(2)14(15)16)13-7-5-4-6-8-13/h4-8,11-12H,3,9-10H2,1-2H3,(H,15,16). The first-order valence-corrected chi connectivity index (χ1v) is 5.92. The highest BCUT2D eigenvalue weighted by atomic mass is 16.4. The lowest BCUT2D eigenvalue weighted by Gasteiger charge is -2.16. The van der Waals surface area contributed by atoms with Crippen molar-refractivity contribution in [3.8, 4) is 0 Å². The Bertz CT molecular complexity index is 319. The highest BCUT2D eigenvalue weighted by Crippen LogP contribution is 2.26. The Kier molecular flexibility index (Phi) is 5.03. The van der Waals surface area contributed by atoms with Gasteiger partial charge in [-0.1, -0.05) is 44.2 Å². The van der Waals surface area contributed by atoms with Crippen LogP contribution in [0.4, 0.5) is 0 Å². The lowest BCUT2D eigenvalue weighted by molar-refractivity contribution is -0.141. The van der Waals surface area contributed by atoms with Gasteiger partial charge in [0.1, 0.15) is 0 Å². The van der Waals surface area contributed by atoms with Crippen LogP contribution >= 0.6 is 0 Å². The Morgan fingerprint density at radius 3 is 2.38 bits per heavy atom. The third-order valence-electron chi connectivity index (χ3n) is 3.13. The molecule has 16 heavy (non-hydrogen) atoms. The zero-order chi connectivity index (χ0) is 12.0. The van der Waals surface area contributed by atoms with Crippen molar-refractivity contribution in [2.45, 2.75) is 39.0 Å². The van der Waals surface area contributed by atoms with Crippen LogP contribution in [0.1, 0.15) is 44.6 Å². The average Bonchev–Trinajstić information content (AvgIpc) is 2.30. The van der Waals surface area contributed by atoms with Gasteiger partial charge in [0.25, 0.3) is 0 Å². The Hall–Kier alpha value is -1.31. The first-order valence-electron chi connectivity index (χ1n) is 5.92. The van der Waals surface area contributed by atoms with E-state index < -0.39 is 5.97 Å². The maximum Gasteiger partial charge on any atom is 0.306 e. The summed E-state index contributed by atoms with van der Waals surface area (Å²) >= 11 is 0. The SMILES string of the molecule is CCC(CCC(C)C(=O)O)c1ccccc1. The average molecular weight is 220 g/mol. The van der Waals surface area contributed by atoms with Crippen molar-refractivity contribution in [2.24, 2.45) is 5.92 Å². The molecular formula is C14H20O2. The fourth-order valence-corrected chi connectivity index (χ4v) is 1.91. The summed E-state index contributed by atoms with van der Waals surface area (Å²) in [6.07, 6.45) is 2.77. The van der Waals surface area contributed by atoms with E-state index in [9.17, 15) is 4.79 Å². The second-order valence-corrected chi connectivity index (χ2v) is 4.33. The van der Waals surface area contributed by atoms with Crippen molar-refractivity contribution < 1.29 is 9.90 Å². The van der Waals surface area contributed by atoms with Gasteiger partial charge < -0.3 is 5.11 Å². The highest BCUT2D eigenvalue weighted by molar-refractivity contribution is 5.69. The molecular weight excluding hydrogens is 200 g/mol. The van der Waals surface area contributed by atoms with Crippen LogP contribution in [-0.4, -0.2) is 11.1 Å². The summed E-state index contributed by atoms with van der Waals surface area (Å²) in [6, 6.07) is 10.3. The quantitative estimate of drug-likeness (QED) is 0.794. The van der Waals surface area contributed by atoms with Gasteiger partial charge in [-0.05, 0) is 30.7 Å². The molecule has 0 amide bonds. The Morgan fingerprint density at radius 1 is 1.25 bits per heavy atom. The molecule has 2 heteroatoms. The van der Waals surface area contributed by atoms with Crippen LogP contribution in [0.15, 0.2) is 30.3 Å². The molecule has 0 heterocycles. The summed E-state index contributed by atoms with van der Waals surface area (Å²) in [6.45, 7) is 3.93. The van der Waals surface area contributed by atoms with E-state index in [1.54, 1.807) is 6.92 Å². The van der Waals surface area contributed by atoms with Gasteiger partial charge >= 0.3 is 5.97 Å². The molecule has 0 aliphatic carbocycles. The molecule has 0 aliphatic heterocycles. The number of carboxylic acid groups (broad SMARTS) is 1. The van der Waals surface area contributed by atoms with E-state index in [1.807, 2.05) is 18.2 Å². The molecule has 1 rings (SSSR count). The minimum absolute atomic E-state index is 0.238. The van der Waals surface area contributed by atoms with Gasteiger partial charge in [0.15, 0.2) is 0 Å². The zero-order valence-electron chi connectivity index (χ0n) is 10.0. The fraction of sp³-hybridized carbons (Fsp3) is 0.500. The van der Waals surface area contributed by atoms with Crippen molar-refractivity contribution in [1.82, 2.24) is 0 Å². The van der Waals surface area contributed by atoms with E-state index >= 15 is 0 Å². The van der Waals surface area contributed by atoms with Gasteiger partial charge in [-0.3, -0.25) is 4.79 Å². The van der Waals surface area contributed by atoms with E-state index in [0.29, 0.717) is 5.92 Å². The first kappa shape index (κ1) is 12.8. The number of carbonyl (C=O) groups is 1. The maximum absolute atomic E-state index is 10.7. The second-order valence-electron chi connectivity index (χ2n) is 4.33. The molecule has 1 N–H and O–H groups in total. The normalized spacial score (nSPS) is 14.4. The molecule has 1 aromatic carbocycles. The largest absolute Gasteiger partial charge is 0.481 e. The van der Waals surface area contributed by atoms with E-state index in [0.717, 1.165) is 19.3 Å². The van der Waals surface area contributed by atoms with Crippen molar-refractivity contribution >= 4 is 5.97 Å². The summed E-state index contributed by atoms with van der Waals surface area (Å²) in [4.78, 5) is 10.7. The van der Waals surface area contributed by atoms with Gasteiger partial charge in [0.2, 0.25) is 0 Å². The van der Waals surface area contributed by atoms with Crippen molar-refractivity contribution in [3.63, 3.8) is 0 Å². The molecule has 88 valence electrons. The predicted octanol–water partition coefficient (Wildman–Crippen LogP) is 3.68. The number of hydrogen-bond acceptors (Lipinski definition) is 1. The molecule has 0 radical (unpaired) electrons. The number of hydrogen-bond donors (Lipinski definition) is 1. The summed E-state index contributed by atoms with van der Waals surface area (Å²) in [5, 5.41) is 8.84. The summed E-state index contributed by atoms with van der Waals surface area (Å²) in [7, 11) is 0. The monoisotopic (exact) mass is 220 g/mol. The predicted molar refractivity (Wildman–Crippen MR) is 65.5 cm³/mol. The van der Waals surface area contributed by atoms with Crippen LogP contribution in [0.25, 0.3) is 0 Å². The van der Waals surface area contributed by atoms with E-state index in [1.165, 1.54) is 5.56 Å². The zero-order valence-corrected chi connectivity index (χ0v) is 10.0. The maximum atomic E-state index is 10.7. The third-order valence-corrected chi connectivity index (χ3v) is 3.13. The minimum Gasteiger partial charge on any atom is -0.481 e. The van der Waals surface area contributed by atoms with Crippen LogP contribution in [-0.2, 0) is 4.79 Å². The van der Waals surface area contributed by atoms with Gasteiger partial charge in [-0.2, -0.15) is 0 Å². The molecule has 0 bridgehead atoms. The second kappa shape index (κ2) is 6.31.